The Morgan fingerprint density at radius 2 is 1.52 bits per heavy atom. The minimum Gasteiger partial charge on any atom is -0.481 e. The van der Waals surface area contributed by atoms with Crippen LogP contribution in [0.2, 0.25) is 0 Å². The maximum absolute atomic E-state index is 11.7. The number of carbonyl (C=O) groups is 2. The summed E-state index contributed by atoms with van der Waals surface area (Å²) in [5.74, 6) is -3.35. The predicted molar refractivity (Wildman–Crippen MR) is 128 cm³/mol. The number of aliphatic carboxylic acids is 1. The zero-order valence-corrected chi connectivity index (χ0v) is 22.0. The van der Waals surface area contributed by atoms with Gasteiger partial charge in [0, 0.05) is 13.0 Å². The van der Waals surface area contributed by atoms with Gasteiger partial charge in [0.25, 0.3) is 0 Å². The molecule has 4 rings (SSSR count). The lowest BCUT2D eigenvalue weighted by atomic mass is 9.72. The third-order valence-corrected chi connectivity index (χ3v) is 8.50. The minimum atomic E-state index is -1.77. The summed E-state index contributed by atoms with van der Waals surface area (Å²) in [6.07, 6.45) is -14.7. The number of methoxy groups -OCH3 is 1. The van der Waals surface area contributed by atoms with Gasteiger partial charge in [-0.2, -0.15) is 0 Å². The first kappa shape index (κ1) is 31.4. The van der Waals surface area contributed by atoms with Crippen molar-refractivity contribution < 1.29 is 74.1 Å². The number of aliphatic hydroxyl groups is 7. The van der Waals surface area contributed by atoms with Gasteiger partial charge in [-0.1, -0.05) is 0 Å². The van der Waals surface area contributed by atoms with Crippen LogP contribution in [0.5, 0.6) is 0 Å². The SMILES string of the molecule is COC1CC(C2OC3CC(O)CC(O)C3CC2O[C@H]2O[C@@H](COC(=O)CC(=O)O)[C@H](O)[C@@H](O)[C@@H]2O)CC(O)C1O. The Hall–Kier alpha value is -1.50. The topological polar surface area (TPSA) is 242 Å². The van der Waals surface area contributed by atoms with Gasteiger partial charge in [0.05, 0.1) is 42.7 Å². The van der Waals surface area contributed by atoms with Crippen molar-refractivity contribution in [1.29, 1.82) is 0 Å². The molecule has 230 valence electrons. The standard InChI is InChI=1S/C25H40O15/c1-36-15-3-9(2-13(28)20(15)32)24-16(6-11-12(27)4-10(26)5-14(11)38-24)39-25-23(35)22(34)21(33)17(40-25)8-37-19(31)7-18(29)30/h9-17,20-28,32-35H,2-8H2,1H3,(H,29,30)/t9?,10?,11?,12?,13?,14?,15?,16?,17-,20?,21-,22+,23-,24?,25-/m0/s1. The van der Waals surface area contributed by atoms with Gasteiger partial charge in [-0.15, -0.1) is 0 Å². The third kappa shape index (κ3) is 6.93. The molecule has 10 unspecified atom stereocenters. The van der Waals surface area contributed by atoms with Crippen molar-refractivity contribution in [2.45, 2.75) is 118 Å². The van der Waals surface area contributed by atoms with Gasteiger partial charge in [-0.3, -0.25) is 9.59 Å². The highest BCUT2D eigenvalue weighted by atomic mass is 16.7. The van der Waals surface area contributed by atoms with E-state index in [9.17, 15) is 45.3 Å². The van der Waals surface area contributed by atoms with E-state index in [1.54, 1.807) is 0 Å². The molecule has 0 amide bonds. The zero-order chi connectivity index (χ0) is 29.3. The second-order valence-electron chi connectivity index (χ2n) is 11.2. The summed E-state index contributed by atoms with van der Waals surface area (Å²) in [7, 11) is 1.41. The normalized spacial score (nSPS) is 47.8. The van der Waals surface area contributed by atoms with Crippen molar-refractivity contribution in [3.63, 3.8) is 0 Å². The second-order valence-corrected chi connectivity index (χ2v) is 11.2. The third-order valence-electron chi connectivity index (χ3n) is 8.50. The Bertz CT molecular complexity index is 873. The van der Waals surface area contributed by atoms with Crippen molar-refractivity contribution in [3.8, 4) is 0 Å². The lowest BCUT2D eigenvalue weighted by Gasteiger charge is -2.51. The Morgan fingerprint density at radius 3 is 2.20 bits per heavy atom. The summed E-state index contributed by atoms with van der Waals surface area (Å²) in [6.45, 7) is -0.620. The minimum absolute atomic E-state index is 0.131. The number of aliphatic hydroxyl groups excluding tert-OH is 7. The summed E-state index contributed by atoms with van der Waals surface area (Å²) in [4.78, 5) is 22.4. The van der Waals surface area contributed by atoms with Gasteiger partial charge in [0.2, 0.25) is 0 Å². The van der Waals surface area contributed by atoms with Crippen LogP contribution in [0.15, 0.2) is 0 Å². The predicted octanol–water partition coefficient (Wildman–Crippen LogP) is -3.37. The first-order chi connectivity index (χ1) is 18.9. The number of carboxylic acid groups (broad SMARTS) is 1. The molecule has 0 aromatic heterocycles. The largest absolute Gasteiger partial charge is 0.481 e. The van der Waals surface area contributed by atoms with Crippen molar-refractivity contribution >= 4 is 11.9 Å². The number of esters is 1. The van der Waals surface area contributed by atoms with E-state index in [2.05, 4.69) is 0 Å². The van der Waals surface area contributed by atoms with Crippen molar-refractivity contribution in [2.24, 2.45) is 11.8 Å². The fourth-order valence-corrected chi connectivity index (χ4v) is 6.37. The Labute approximate surface area is 230 Å². The average Bonchev–Trinajstić information content (AvgIpc) is 2.89. The summed E-state index contributed by atoms with van der Waals surface area (Å²) >= 11 is 0. The number of ether oxygens (including phenoxy) is 5. The molecular formula is C25H40O15. The van der Waals surface area contributed by atoms with Crippen molar-refractivity contribution in [3.05, 3.63) is 0 Å². The molecule has 15 nitrogen and oxygen atoms in total. The summed E-state index contributed by atoms with van der Waals surface area (Å²) < 4.78 is 28.3. The molecule has 15 heteroatoms. The molecule has 0 aromatic carbocycles. The number of rotatable bonds is 8. The highest BCUT2D eigenvalue weighted by Crippen LogP contribution is 2.43. The van der Waals surface area contributed by atoms with E-state index in [0.29, 0.717) is 6.42 Å². The molecule has 40 heavy (non-hydrogen) atoms. The Balaban J connectivity index is 1.52. The Kier molecular flexibility index (Phi) is 10.4. The number of carbonyl (C=O) groups excluding carboxylic acids is 1. The van der Waals surface area contributed by atoms with E-state index in [0.717, 1.165) is 0 Å². The summed E-state index contributed by atoms with van der Waals surface area (Å²) in [5, 5.41) is 81.9. The number of fused-ring (bicyclic) bond motifs is 1. The van der Waals surface area contributed by atoms with E-state index in [4.69, 9.17) is 28.8 Å². The number of hydrogen-bond acceptors (Lipinski definition) is 14. The molecule has 0 aromatic rings. The average molecular weight is 581 g/mol. The monoisotopic (exact) mass is 580 g/mol. The molecule has 2 saturated carbocycles. The smallest absolute Gasteiger partial charge is 0.317 e. The van der Waals surface area contributed by atoms with Gasteiger partial charge < -0.3 is 64.5 Å². The molecule has 4 aliphatic rings. The van der Waals surface area contributed by atoms with Crippen LogP contribution >= 0.6 is 0 Å². The summed E-state index contributed by atoms with van der Waals surface area (Å²) in [5.41, 5.74) is 0. The molecule has 0 bridgehead atoms. The van der Waals surface area contributed by atoms with E-state index < -0.39 is 116 Å². The highest BCUT2D eigenvalue weighted by molar-refractivity contribution is 5.90. The molecule has 2 heterocycles. The van der Waals surface area contributed by atoms with E-state index >= 15 is 0 Å². The fourth-order valence-electron chi connectivity index (χ4n) is 6.37. The first-order valence-corrected chi connectivity index (χ1v) is 13.5. The van der Waals surface area contributed by atoms with Crippen molar-refractivity contribution in [1.82, 2.24) is 0 Å². The quantitative estimate of drug-likeness (QED) is 0.103. The van der Waals surface area contributed by atoms with Gasteiger partial charge in [-0.05, 0) is 38.0 Å². The van der Waals surface area contributed by atoms with Crippen LogP contribution in [0.3, 0.4) is 0 Å². The molecule has 4 fully saturated rings. The Morgan fingerprint density at radius 1 is 0.800 bits per heavy atom. The van der Waals surface area contributed by atoms with Gasteiger partial charge in [0.1, 0.15) is 43.5 Å². The van der Waals surface area contributed by atoms with Gasteiger partial charge in [-0.25, -0.2) is 0 Å². The number of carboxylic acids is 1. The van der Waals surface area contributed by atoms with Gasteiger partial charge in [0.15, 0.2) is 6.29 Å². The highest BCUT2D eigenvalue weighted by Gasteiger charge is 2.53. The molecule has 2 aliphatic carbocycles. The van der Waals surface area contributed by atoms with E-state index in [1.165, 1.54) is 7.11 Å². The first-order valence-electron chi connectivity index (χ1n) is 13.5. The fraction of sp³-hybridized carbons (Fsp3) is 0.920. The van der Waals surface area contributed by atoms with Crippen LogP contribution in [0.1, 0.15) is 38.5 Å². The van der Waals surface area contributed by atoms with Crippen LogP contribution < -0.4 is 0 Å². The molecule has 8 N–H and O–H groups in total. The van der Waals surface area contributed by atoms with Crippen molar-refractivity contribution in [2.75, 3.05) is 13.7 Å². The maximum atomic E-state index is 11.7. The number of hydrogen-bond donors (Lipinski definition) is 8. The molecule has 2 saturated heterocycles. The van der Waals surface area contributed by atoms with E-state index in [1.807, 2.05) is 0 Å². The maximum Gasteiger partial charge on any atom is 0.317 e. The second kappa shape index (κ2) is 13.2. The molecule has 15 atom stereocenters. The van der Waals surface area contributed by atoms with E-state index in [-0.39, 0.29) is 25.7 Å². The zero-order valence-electron chi connectivity index (χ0n) is 22.0. The van der Waals surface area contributed by atoms with Gasteiger partial charge >= 0.3 is 11.9 Å². The molecule has 0 radical (unpaired) electrons. The lowest BCUT2D eigenvalue weighted by Crippen LogP contribution is -2.62. The van der Waals surface area contributed by atoms with Crippen LogP contribution in [-0.2, 0) is 33.3 Å². The molecular weight excluding hydrogens is 540 g/mol. The summed E-state index contributed by atoms with van der Waals surface area (Å²) in [6, 6.07) is 0. The van der Waals surface area contributed by atoms with Crippen LogP contribution in [0.25, 0.3) is 0 Å². The van der Waals surface area contributed by atoms with Crippen LogP contribution in [-0.4, -0.2) is 146 Å². The van der Waals surface area contributed by atoms with Crippen LogP contribution in [0, 0.1) is 11.8 Å². The van der Waals surface area contributed by atoms with Crippen LogP contribution in [0.4, 0.5) is 0 Å². The molecule has 0 spiro atoms. The molecule has 2 aliphatic heterocycles. The lowest BCUT2D eigenvalue weighted by molar-refractivity contribution is -0.334.